The van der Waals surface area contributed by atoms with Crippen molar-refractivity contribution in [2.45, 2.75) is 18.6 Å². The van der Waals surface area contributed by atoms with Crippen LogP contribution in [-0.2, 0) is 6.42 Å². The maximum atomic E-state index is 13.1. The minimum Gasteiger partial charge on any atom is -0.320 e. The molecule has 0 spiro atoms. The minimum atomic E-state index is -4.65. The maximum Gasteiger partial charge on any atom is 0.403 e. The van der Waals surface area contributed by atoms with E-state index >= 15 is 0 Å². The normalized spacial score (nSPS) is 13.9. The zero-order valence-electron chi connectivity index (χ0n) is 7.78. The first kappa shape index (κ1) is 13.2. The van der Waals surface area contributed by atoms with E-state index in [2.05, 4.69) is 0 Å². The fourth-order valence-electron chi connectivity index (χ4n) is 1.07. The predicted molar refractivity (Wildman–Crippen MR) is 49.1 cm³/mol. The molecule has 0 saturated heterocycles. The predicted octanol–water partition coefficient (Wildman–Crippen LogP) is 3.05. The van der Waals surface area contributed by atoms with Crippen LogP contribution in [0.2, 0.25) is 5.02 Å². The van der Waals surface area contributed by atoms with E-state index in [1.807, 2.05) is 0 Å². The second kappa shape index (κ2) is 4.55. The van der Waals surface area contributed by atoms with E-state index in [1.54, 1.807) is 0 Å². The molecule has 0 heterocycles. The second-order valence-electron chi connectivity index (χ2n) is 3.21. The number of halogens is 6. The van der Waals surface area contributed by atoms with E-state index in [-0.39, 0.29) is 0 Å². The van der Waals surface area contributed by atoms with Crippen molar-refractivity contribution >= 4 is 11.6 Å². The fraction of sp³-hybridized carbons (Fsp3) is 0.333. The molecule has 1 nitrogen and oxygen atoms in total. The average molecular weight is 260 g/mol. The molecule has 0 saturated carbocycles. The summed E-state index contributed by atoms with van der Waals surface area (Å²) in [5.74, 6) is -1.99. The third-order valence-electron chi connectivity index (χ3n) is 1.95. The van der Waals surface area contributed by atoms with Crippen LogP contribution in [0.3, 0.4) is 0 Å². The number of hydrogen-bond donors (Lipinski definition) is 1. The van der Waals surface area contributed by atoms with E-state index in [9.17, 15) is 22.0 Å². The third kappa shape index (κ3) is 3.05. The van der Waals surface area contributed by atoms with Gasteiger partial charge < -0.3 is 5.73 Å². The maximum absolute atomic E-state index is 13.1. The zero-order chi connectivity index (χ0) is 12.5. The summed E-state index contributed by atoms with van der Waals surface area (Å²) in [7, 11) is 0. The van der Waals surface area contributed by atoms with Crippen LogP contribution >= 0.6 is 11.6 Å². The van der Waals surface area contributed by atoms with Gasteiger partial charge in [0, 0.05) is 0 Å². The molecule has 0 aliphatic carbocycles. The van der Waals surface area contributed by atoms with Crippen molar-refractivity contribution in [3.05, 3.63) is 34.4 Å². The quantitative estimate of drug-likeness (QED) is 0.641. The molecule has 0 aliphatic heterocycles. The van der Waals surface area contributed by atoms with Crippen LogP contribution in [0, 0.1) is 11.6 Å². The highest BCUT2D eigenvalue weighted by Crippen LogP contribution is 2.25. The molecule has 1 aromatic rings. The molecule has 0 amide bonds. The SMILES string of the molecule is NC(Cc1cc(F)c(Cl)cc1F)C(F)(F)F. The van der Waals surface area contributed by atoms with Gasteiger partial charge in [0.05, 0.1) is 5.02 Å². The Balaban J connectivity index is 2.94. The lowest BCUT2D eigenvalue weighted by atomic mass is 10.1. The van der Waals surface area contributed by atoms with E-state index in [1.165, 1.54) is 0 Å². The Labute approximate surface area is 93.0 Å². The smallest absolute Gasteiger partial charge is 0.320 e. The number of benzene rings is 1. The molecule has 2 N–H and O–H groups in total. The zero-order valence-corrected chi connectivity index (χ0v) is 8.54. The fourth-order valence-corrected chi connectivity index (χ4v) is 1.22. The molecule has 7 heteroatoms. The van der Waals surface area contributed by atoms with Gasteiger partial charge in [-0.05, 0) is 24.1 Å². The summed E-state index contributed by atoms with van der Waals surface area (Å²) in [6.45, 7) is 0. The van der Waals surface area contributed by atoms with Crippen LogP contribution in [0.25, 0.3) is 0 Å². The summed E-state index contributed by atoms with van der Waals surface area (Å²) in [6, 6.07) is -0.999. The molecule has 0 fully saturated rings. The minimum absolute atomic E-state index is 0.452. The number of rotatable bonds is 2. The monoisotopic (exact) mass is 259 g/mol. The largest absolute Gasteiger partial charge is 0.403 e. The summed E-state index contributed by atoms with van der Waals surface area (Å²) >= 11 is 5.24. The Morgan fingerprint density at radius 2 is 1.75 bits per heavy atom. The molecule has 1 atom stereocenters. The van der Waals surface area contributed by atoms with Crippen LogP contribution in [0.15, 0.2) is 12.1 Å². The molecular weight excluding hydrogens is 253 g/mol. The lowest BCUT2D eigenvalue weighted by Gasteiger charge is -2.15. The van der Waals surface area contributed by atoms with Crippen molar-refractivity contribution in [1.82, 2.24) is 0 Å². The molecule has 0 radical (unpaired) electrons. The molecule has 0 aromatic heterocycles. The van der Waals surface area contributed by atoms with E-state index in [0.717, 1.165) is 0 Å². The van der Waals surface area contributed by atoms with Crippen molar-refractivity contribution < 1.29 is 22.0 Å². The van der Waals surface area contributed by atoms with Gasteiger partial charge in [0.25, 0.3) is 0 Å². The first-order chi connectivity index (χ1) is 7.21. The Morgan fingerprint density at radius 3 is 2.25 bits per heavy atom. The average Bonchev–Trinajstić information content (AvgIpc) is 2.12. The van der Waals surface area contributed by atoms with Gasteiger partial charge in [0.1, 0.15) is 17.7 Å². The third-order valence-corrected chi connectivity index (χ3v) is 2.24. The molecule has 0 aliphatic rings. The molecule has 1 rings (SSSR count). The first-order valence-corrected chi connectivity index (χ1v) is 4.55. The number of nitrogens with two attached hydrogens (primary N) is 1. The molecule has 1 unspecified atom stereocenters. The Hall–Kier alpha value is -0.880. The highest BCUT2D eigenvalue weighted by molar-refractivity contribution is 6.30. The molecule has 1 aromatic carbocycles. The Bertz CT molecular complexity index is 390. The lowest BCUT2D eigenvalue weighted by molar-refractivity contribution is -0.147. The number of hydrogen-bond acceptors (Lipinski definition) is 1. The van der Waals surface area contributed by atoms with Gasteiger partial charge in [-0.25, -0.2) is 8.78 Å². The summed E-state index contributed by atoms with van der Waals surface area (Å²) in [6.07, 6.45) is -5.48. The lowest BCUT2D eigenvalue weighted by Crippen LogP contribution is -2.39. The van der Waals surface area contributed by atoms with Crippen LogP contribution in [0.4, 0.5) is 22.0 Å². The van der Waals surface area contributed by atoms with Crippen LogP contribution in [0.1, 0.15) is 5.56 Å². The molecule has 0 bridgehead atoms. The van der Waals surface area contributed by atoms with E-state index in [0.29, 0.717) is 12.1 Å². The molecular formula is C9H7ClF5N. The van der Waals surface area contributed by atoms with E-state index < -0.39 is 40.9 Å². The van der Waals surface area contributed by atoms with Crippen molar-refractivity contribution in [2.75, 3.05) is 0 Å². The summed E-state index contributed by atoms with van der Waals surface area (Å²) in [5, 5.41) is -0.484. The van der Waals surface area contributed by atoms with Gasteiger partial charge in [0.15, 0.2) is 0 Å². The van der Waals surface area contributed by atoms with Gasteiger partial charge >= 0.3 is 6.18 Å². The topological polar surface area (TPSA) is 26.0 Å². The van der Waals surface area contributed by atoms with Crippen molar-refractivity contribution in [1.29, 1.82) is 0 Å². The van der Waals surface area contributed by atoms with Crippen molar-refractivity contribution in [3.63, 3.8) is 0 Å². The summed E-state index contributed by atoms with van der Waals surface area (Å²) in [5.41, 5.74) is 4.34. The van der Waals surface area contributed by atoms with Crippen LogP contribution < -0.4 is 5.73 Å². The summed E-state index contributed by atoms with van der Waals surface area (Å²) < 4.78 is 62.2. The van der Waals surface area contributed by atoms with E-state index in [4.69, 9.17) is 17.3 Å². The molecule has 90 valence electrons. The van der Waals surface area contributed by atoms with Gasteiger partial charge in [-0.15, -0.1) is 0 Å². The van der Waals surface area contributed by atoms with Gasteiger partial charge in [0.2, 0.25) is 0 Å². The van der Waals surface area contributed by atoms with Crippen LogP contribution in [-0.4, -0.2) is 12.2 Å². The Morgan fingerprint density at radius 1 is 1.19 bits per heavy atom. The second-order valence-corrected chi connectivity index (χ2v) is 3.62. The highest BCUT2D eigenvalue weighted by atomic mass is 35.5. The summed E-state index contributed by atoms with van der Waals surface area (Å²) in [4.78, 5) is 0. The molecule has 16 heavy (non-hydrogen) atoms. The van der Waals surface area contributed by atoms with Gasteiger partial charge in [-0.3, -0.25) is 0 Å². The standard InChI is InChI=1S/C9H7ClF5N/c10-5-3-6(11)4(1-7(5)12)2-8(16)9(13,14)15/h1,3,8H,2,16H2. The van der Waals surface area contributed by atoms with Crippen molar-refractivity contribution in [2.24, 2.45) is 5.73 Å². The highest BCUT2D eigenvalue weighted by Gasteiger charge is 2.37. The van der Waals surface area contributed by atoms with Gasteiger partial charge in [-0.1, -0.05) is 11.6 Å². The Kier molecular flexibility index (Phi) is 3.75. The first-order valence-electron chi connectivity index (χ1n) is 4.17. The van der Waals surface area contributed by atoms with Crippen LogP contribution in [0.5, 0.6) is 0 Å². The van der Waals surface area contributed by atoms with Crippen molar-refractivity contribution in [3.8, 4) is 0 Å². The number of alkyl halides is 3. The van der Waals surface area contributed by atoms with Gasteiger partial charge in [-0.2, -0.15) is 13.2 Å².